The Labute approximate surface area is 140 Å². The van der Waals surface area contributed by atoms with Crippen LogP contribution in [0.4, 0.5) is 0 Å². The van der Waals surface area contributed by atoms with Gasteiger partial charge in [0, 0.05) is 23.4 Å². The second-order valence-corrected chi connectivity index (χ2v) is 6.82. The third kappa shape index (κ3) is 4.35. The first kappa shape index (κ1) is 17.1. The van der Waals surface area contributed by atoms with Crippen LogP contribution in [-0.2, 0) is 7.05 Å². The molecule has 0 aliphatic heterocycles. The van der Waals surface area contributed by atoms with Crippen LogP contribution >= 0.6 is 23.4 Å². The highest BCUT2D eigenvalue weighted by molar-refractivity contribution is 7.99. The van der Waals surface area contributed by atoms with Crippen LogP contribution in [0.2, 0.25) is 5.02 Å². The van der Waals surface area contributed by atoms with Crippen molar-refractivity contribution in [3.05, 3.63) is 46.7 Å². The molecular formula is C16H20ClN3OS. The van der Waals surface area contributed by atoms with Crippen molar-refractivity contribution in [3.63, 3.8) is 0 Å². The Morgan fingerprint density at radius 2 is 2.00 bits per heavy atom. The third-order valence-corrected chi connectivity index (χ3v) is 4.65. The Kier molecular flexibility index (Phi) is 6.06. The molecule has 1 aromatic heterocycles. The number of nitrogens with zero attached hydrogens (tertiary/aromatic N) is 3. The molecule has 0 radical (unpaired) electrons. The molecule has 0 saturated carbocycles. The van der Waals surface area contributed by atoms with Gasteiger partial charge < -0.3 is 9.47 Å². The summed E-state index contributed by atoms with van der Waals surface area (Å²) in [6.07, 6.45) is 2.73. The topological polar surface area (TPSA) is 38.1 Å². The zero-order chi connectivity index (χ0) is 16.1. The van der Waals surface area contributed by atoms with Crippen molar-refractivity contribution in [3.8, 4) is 0 Å². The summed E-state index contributed by atoms with van der Waals surface area (Å²) in [5.74, 6) is 0.948. The maximum atomic E-state index is 12.5. The molecule has 0 saturated heterocycles. The van der Waals surface area contributed by atoms with Crippen molar-refractivity contribution in [1.82, 2.24) is 14.5 Å². The highest BCUT2D eigenvalue weighted by atomic mass is 35.5. The largest absolute Gasteiger partial charge is 0.319 e. The van der Waals surface area contributed by atoms with Gasteiger partial charge in [0.2, 0.25) is 5.78 Å². The lowest BCUT2D eigenvalue weighted by atomic mass is 10.1. The number of carbonyl (C=O) groups excluding carboxylic acids is 1. The third-order valence-electron chi connectivity index (χ3n) is 3.27. The van der Waals surface area contributed by atoms with E-state index in [0.29, 0.717) is 16.3 Å². The second kappa shape index (κ2) is 7.81. The first-order valence-corrected chi connectivity index (χ1v) is 8.45. The summed E-state index contributed by atoms with van der Waals surface area (Å²) in [4.78, 5) is 19.0. The molecule has 2 rings (SSSR count). The fraction of sp³-hybridized carbons (Fsp3) is 0.375. The zero-order valence-electron chi connectivity index (χ0n) is 13.0. The van der Waals surface area contributed by atoms with Crippen LogP contribution in [0, 0.1) is 0 Å². The van der Waals surface area contributed by atoms with E-state index in [1.807, 2.05) is 11.6 Å². The molecule has 0 N–H and O–H groups in total. The summed E-state index contributed by atoms with van der Waals surface area (Å²) in [7, 11) is 6.01. The van der Waals surface area contributed by atoms with E-state index in [0.717, 1.165) is 23.9 Å². The number of carbonyl (C=O) groups is 1. The van der Waals surface area contributed by atoms with Crippen LogP contribution in [0.25, 0.3) is 0 Å². The fourth-order valence-electron chi connectivity index (χ4n) is 2.03. The molecule has 2 aromatic rings. The lowest BCUT2D eigenvalue weighted by molar-refractivity contribution is 0.103. The van der Waals surface area contributed by atoms with Crippen LogP contribution in [0.5, 0.6) is 0 Å². The Balaban J connectivity index is 2.03. The summed E-state index contributed by atoms with van der Waals surface area (Å²) in [5, 5.41) is 1.50. The van der Waals surface area contributed by atoms with Gasteiger partial charge in [0.05, 0.1) is 6.20 Å². The van der Waals surface area contributed by atoms with Crippen LogP contribution in [0.15, 0.2) is 35.6 Å². The van der Waals surface area contributed by atoms with Gasteiger partial charge in [-0.05, 0) is 51.3 Å². The quantitative estimate of drug-likeness (QED) is 0.441. The van der Waals surface area contributed by atoms with E-state index in [1.165, 1.54) is 0 Å². The molecule has 6 heteroatoms. The molecule has 118 valence electrons. The molecule has 0 amide bonds. The van der Waals surface area contributed by atoms with Crippen molar-refractivity contribution in [1.29, 1.82) is 0 Å². The molecule has 1 aromatic carbocycles. The smallest absolute Gasteiger partial charge is 0.211 e. The zero-order valence-corrected chi connectivity index (χ0v) is 14.6. The number of hydrogen-bond donors (Lipinski definition) is 0. The van der Waals surface area contributed by atoms with Gasteiger partial charge in [-0.3, -0.25) is 4.79 Å². The average Bonchev–Trinajstić information content (AvgIpc) is 2.85. The molecule has 0 aliphatic rings. The van der Waals surface area contributed by atoms with Crippen LogP contribution in [0.3, 0.4) is 0 Å². The highest BCUT2D eigenvalue weighted by Crippen LogP contribution is 2.20. The summed E-state index contributed by atoms with van der Waals surface area (Å²) in [5.41, 5.74) is 1.22. The number of thioether (sulfide) groups is 1. The molecule has 1 heterocycles. The van der Waals surface area contributed by atoms with Crippen molar-refractivity contribution < 1.29 is 4.79 Å². The van der Waals surface area contributed by atoms with Gasteiger partial charge in [0.15, 0.2) is 5.16 Å². The highest BCUT2D eigenvalue weighted by Gasteiger charge is 2.16. The Hall–Kier alpha value is -1.30. The molecule has 0 spiro atoms. The van der Waals surface area contributed by atoms with E-state index >= 15 is 0 Å². The fourth-order valence-corrected chi connectivity index (χ4v) is 3.03. The first-order chi connectivity index (χ1) is 10.5. The van der Waals surface area contributed by atoms with Crippen LogP contribution < -0.4 is 0 Å². The maximum absolute atomic E-state index is 12.5. The summed E-state index contributed by atoms with van der Waals surface area (Å²) >= 11 is 7.53. The Morgan fingerprint density at radius 3 is 2.64 bits per heavy atom. The second-order valence-electron chi connectivity index (χ2n) is 5.33. The number of imidazole rings is 1. The molecule has 0 fully saturated rings. The van der Waals surface area contributed by atoms with Crippen molar-refractivity contribution >= 4 is 29.1 Å². The molecule has 4 nitrogen and oxygen atoms in total. The monoisotopic (exact) mass is 337 g/mol. The van der Waals surface area contributed by atoms with Gasteiger partial charge in [-0.25, -0.2) is 4.98 Å². The Bertz CT molecular complexity index is 637. The van der Waals surface area contributed by atoms with Crippen molar-refractivity contribution in [2.75, 3.05) is 26.4 Å². The molecular weight excluding hydrogens is 318 g/mol. The molecule has 0 atom stereocenters. The molecule has 0 unspecified atom stereocenters. The number of hydrogen-bond acceptors (Lipinski definition) is 4. The van der Waals surface area contributed by atoms with E-state index in [9.17, 15) is 4.79 Å². The number of halogens is 1. The normalized spacial score (nSPS) is 11.1. The van der Waals surface area contributed by atoms with E-state index in [2.05, 4.69) is 24.0 Å². The van der Waals surface area contributed by atoms with Crippen LogP contribution in [-0.4, -0.2) is 46.6 Å². The SMILES string of the molecule is CN(C)CCCSc1ncc(C(=O)c2ccc(Cl)cc2)n1C. The lowest BCUT2D eigenvalue weighted by Crippen LogP contribution is -2.13. The van der Waals surface area contributed by atoms with Gasteiger partial charge in [0.25, 0.3) is 0 Å². The number of aromatic nitrogens is 2. The average molecular weight is 338 g/mol. The Morgan fingerprint density at radius 1 is 1.32 bits per heavy atom. The minimum absolute atomic E-state index is 0.0354. The lowest BCUT2D eigenvalue weighted by Gasteiger charge is -2.09. The minimum atomic E-state index is -0.0354. The standard InChI is InChI=1S/C16H20ClN3OS/c1-19(2)9-4-10-22-16-18-11-14(20(16)3)15(21)12-5-7-13(17)8-6-12/h5-8,11H,4,9-10H2,1-3H3. The molecule has 22 heavy (non-hydrogen) atoms. The number of ketones is 1. The summed E-state index contributed by atoms with van der Waals surface area (Å²) in [6.45, 7) is 1.05. The van der Waals surface area contributed by atoms with Crippen LogP contribution in [0.1, 0.15) is 22.5 Å². The predicted octanol–water partition coefficient (Wildman–Crippen LogP) is 3.35. The van der Waals surface area contributed by atoms with E-state index in [4.69, 9.17) is 11.6 Å². The summed E-state index contributed by atoms with van der Waals surface area (Å²) in [6, 6.07) is 6.92. The number of rotatable bonds is 7. The van der Waals surface area contributed by atoms with Crippen molar-refractivity contribution in [2.24, 2.45) is 7.05 Å². The predicted molar refractivity (Wildman–Crippen MR) is 92.0 cm³/mol. The van der Waals surface area contributed by atoms with Gasteiger partial charge in [0.1, 0.15) is 5.69 Å². The van der Waals surface area contributed by atoms with Gasteiger partial charge in [-0.2, -0.15) is 0 Å². The van der Waals surface area contributed by atoms with E-state index in [1.54, 1.807) is 42.2 Å². The van der Waals surface area contributed by atoms with E-state index in [-0.39, 0.29) is 5.78 Å². The molecule has 0 aliphatic carbocycles. The van der Waals surface area contributed by atoms with Gasteiger partial charge in [-0.1, -0.05) is 23.4 Å². The summed E-state index contributed by atoms with van der Waals surface area (Å²) < 4.78 is 1.86. The van der Waals surface area contributed by atoms with E-state index < -0.39 is 0 Å². The molecule has 0 bridgehead atoms. The van der Waals surface area contributed by atoms with Gasteiger partial charge in [-0.15, -0.1) is 0 Å². The number of benzene rings is 1. The van der Waals surface area contributed by atoms with Crippen molar-refractivity contribution in [2.45, 2.75) is 11.6 Å². The first-order valence-electron chi connectivity index (χ1n) is 7.08. The maximum Gasteiger partial charge on any atom is 0.211 e. The minimum Gasteiger partial charge on any atom is -0.319 e. The van der Waals surface area contributed by atoms with Gasteiger partial charge >= 0.3 is 0 Å².